The number of anilines is 2. The van der Waals surface area contributed by atoms with Crippen LogP contribution in [0.2, 0.25) is 0 Å². The molecule has 0 amide bonds. The van der Waals surface area contributed by atoms with Gasteiger partial charge in [-0.1, -0.05) is 128 Å². The van der Waals surface area contributed by atoms with E-state index in [0.717, 1.165) is 17.8 Å². The topological polar surface area (TPSA) is 12.0 Å². The maximum Gasteiger partial charge on any atom is 0.0384 e. The highest BCUT2D eigenvalue weighted by atomic mass is 14.9. The third-order valence-electron chi connectivity index (χ3n) is 7.11. The zero-order valence-corrected chi connectivity index (χ0v) is 23.9. The third-order valence-corrected chi connectivity index (χ3v) is 7.11. The second-order valence-electron chi connectivity index (χ2n) is 13.3. The van der Waals surface area contributed by atoms with Crippen LogP contribution < -0.4 is 5.32 Å². The molecule has 0 fully saturated rings. The summed E-state index contributed by atoms with van der Waals surface area (Å²) < 4.78 is 0. The molecule has 192 valence electrons. The normalized spacial score (nSPS) is 12.4. The van der Waals surface area contributed by atoms with Crippen molar-refractivity contribution in [3.63, 3.8) is 0 Å². The van der Waals surface area contributed by atoms with Crippen molar-refractivity contribution in [3.8, 4) is 22.3 Å². The van der Waals surface area contributed by atoms with E-state index in [1.807, 2.05) is 0 Å². The number of nitrogens with one attached hydrogen (secondary N) is 1. The first-order valence-electron chi connectivity index (χ1n) is 13.5. The molecule has 0 heterocycles. The van der Waals surface area contributed by atoms with E-state index in [9.17, 15) is 0 Å². The lowest BCUT2D eigenvalue weighted by Crippen LogP contribution is -2.24. The van der Waals surface area contributed by atoms with E-state index in [1.165, 1.54) is 33.4 Å². The Morgan fingerprint density at radius 2 is 0.757 bits per heavy atom. The van der Waals surface area contributed by atoms with Crippen LogP contribution in [0.3, 0.4) is 0 Å². The van der Waals surface area contributed by atoms with Gasteiger partial charge in [-0.2, -0.15) is 0 Å². The van der Waals surface area contributed by atoms with Crippen LogP contribution in [-0.4, -0.2) is 0 Å². The molecule has 0 aromatic heterocycles. The molecular weight excluding hydrogens is 446 g/mol. The van der Waals surface area contributed by atoms with E-state index in [-0.39, 0.29) is 10.8 Å². The minimum atomic E-state index is 0.164. The molecule has 1 heteroatoms. The van der Waals surface area contributed by atoms with Crippen LogP contribution in [0.5, 0.6) is 0 Å². The first kappa shape index (κ1) is 26.7. The molecule has 0 saturated heterocycles. The van der Waals surface area contributed by atoms with Crippen molar-refractivity contribution in [2.75, 3.05) is 5.32 Å². The number of rotatable bonds is 6. The highest BCUT2D eigenvalue weighted by Crippen LogP contribution is 2.37. The van der Waals surface area contributed by atoms with Crippen molar-refractivity contribution in [1.29, 1.82) is 0 Å². The van der Waals surface area contributed by atoms with Crippen molar-refractivity contribution in [3.05, 3.63) is 108 Å². The molecular formula is C36H43N. The molecule has 0 aliphatic heterocycles. The molecule has 0 radical (unpaired) electrons. The van der Waals surface area contributed by atoms with Crippen LogP contribution in [0.15, 0.2) is 97.1 Å². The predicted molar refractivity (Wildman–Crippen MR) is 163 cm³/mol. The number of hydrogen-bond donors (Lipinski definition) is 1. The van der Waals surface area contributed by atoms with Gasteiger partial charge in [0, 0.05) is 11.4 Å². The Morgan fingerprint density at radius 3 is 1.14 bits per heavy atom. The monoisotopic (exact) mass is 489 g/mol. The zero-order valence-electron chi connectivity index (χ0n) is 23.9. The van der Waals surface area contributed by atoms with Crippen molar-refractivity contribution in [2.24, 2.45) is 5.41 Å². The van der Waals surface area contributed by atoms with Crippen LogP contribution in [0.1, 0.15) is 72.9 Å². The van der Waals surface area contributed by atoms with Gasteiger partial charge in [-0.05, 0) is 80.3 Å². The summed E-state index contributed by atoms with van der Waals surface area (Å²) in [6.07, 6.45) is 1.16. The van der Waals surface area contributed by atoms with E-state index in [0.29, 0.717) is 5.41 Å². The van der Waals surface area contributed by atoms with Gasteiger partial charge in [0.2, 0.25) is 0 Å². The van der Waals surface area contributed by atoms with Crippen LogP contribution in [0, 0.1) is 5.41 Å². The molecule has 4 aromatic rings. The smallest absolute Gasteiger partial charge is 0.0384 e. The summed E-state index contributed by atoms with van der Waals surface area (Å²) in [5.41, 5.74) is 10.6. The predicted octanol–water partition coefficient (Wildman–Crippen LogP) is 10.8. The van der Waals surface area contributed by atoms with Crippen molar-refractivity contribution in [2.45, 2.75) is 72.6 Å². The fourth-order valence-corrected chi connectivity index (χ4v) is 5.36. The van der Waals surface area contributed by atoms with Crippen LogP contribution in [0.25, 0.3) is 22.3 Å². The fraction of sp³-hybridized carbons (Fsp3) is 0.333. The molecule has 4 aromatic carbocycles. The maximum absolute atomic E-state index is 3.52. The molecule has 0 spiro atoms. The van der Waals surface area contributed by atoms with Crippen molar-refractivity contribution < 1.29 is 0 Å². The average molecular weight is 490 g/mol. The van der Waals surface area contributed by atoms with Gasteiger partial charge >= 0.3 is 0 Å². The second kappa shape index (κ2) is 10.2. The largest absolute Gasteiger partial charge is 0.356 e. The quantitative estimate of drug-likeness (QED) is 0.284. The number of benzene rings is 4. The summed E-state index contributed by atoms with van der Waals surface area (Å²) in [7, 11) is 0. The Hall–Kier alpha value is -3.32. The molecule has 0 atom stereocenters. The summed E-state index contributed by atoms with van der Waals surface area (Å²) in [4.78, 5) is 0. The SMILES string of the molecule is CC(C)(C)CC(C)(C)c1ccc(-c2ccc(-c3ccc(Nc4ccc(C(C)(C)C)cc4)cc3)cc2)cc1. The Balaban J connectivity index is 1.43. The molecule has 4 rings (SSSR count). The minimum Gasteiger partial charge on any atom is -0.356 e. The molecule has 0 unspecified atom stereocenters. The number of hydrogen-bond acceptors (Lipinski definition) is 1. The maximum atomic E-state index is 3.52. The van der Waals surface area contributed by atoms with E-state index < -0.39 is 0 Å². The van der Waals surface area contributed by atoms with E-state index >= 15 is 0 Å². The lowest BCUT2D eigenvalue weighted by Gasteiger charge is -2.33. The van der Waals surface area contributed by atoms with Gasteiger partial charge in [0.05, 0.1) is 0 Å². The first-order valence-corrected chi connectivity index (χ1v) is 13.5. The van der Waals surface area contributed by atoms with Gasteiger partial charge in [0.25, 0.3) is 0 Å². The highest BCUT2D eigenvalue weighted by molar-refractivity contribution is 5.72. The van der Waals surface area contributed by atoms with E-state index in [2.05, 4.69) is 158 Å². The van der Waals surface area contributed by atoms with Gasteiger partial charge in [-0.15, -0.1) is 0 Å². The minimum absolute atomic E-state index is 0.164. The van der Waals surface area contributed by atoms with Gasteiger partial charge in [0.15, 0.2) is 0 Å². The standard InChI is InChI=1S/C36H43N/c1-34(2,3)25-36(7,8)31-17-13-28(14-18-31)26-9-11-27(12-10-26)29-15-21-32(22-16-29)37-33-23-19-30(20-24-33)35(4,5)6/h9-24,37H,25H2,1-8H3. The molecule has 1 N–H and O–H groups in total. The zero-order chi connectivity index (χ0) is 26.8. The summed E-state index contributed by atoms with van der Waals surface area (Å²) in [6.45, 7) is 18.4. The van der Waals surface area contributed by atoms with Crippen molar-refractivity contribution >= 4 is 11.4 Å². The van der Waals surface area contributed by atoms with E-state index in [4.69, 9.17) is 0 Å². The molecule has 0 aliphatic rings. The molecule has 0 aliphatic carbocycles. The Bertz CT molecular complexity index is 1290. The summed E-state index contributed by atoms with van der Waals surface area (Å²) >= 11 is 0. The fourth-order valence-electron chi connectivity index (χ4n) is 5.36. The van der Waals surface area contributed by atoms with Crippen LogP contribution >= 0.6 is 0 Å². The summed E-state index contributed by atoms with van der Waals surface area (Å²) in [6, 6.07) is 35.5. The van der Waals surface area contributed by atoms with Gasteiger partial charge in [0.1, 0.15) is 0 Å². The average Bonchev–Trinajstić information content (AvgIpc) is 2.83. The molecule has 37 heavy (non-hydrogen) atoms. The Labute approximate surface area is 225 Å². The molecule has 1 nitrogen and oxygen atoms in total. The molecule has 0 saturated carbocycles. The Morgan fingerprint density at radius 1 is 0.432 bits per heavy atom. The van der Waals surface area contributed by atoms with Gasteiger partial charge in [-0.3, -0.25) is 0 Å². The molecule has 0 bridgehead atoms. The van der Waals surface area contributed by atoms with E-state index in [1.54, 1.807) is 0 Å². The second-order valence-corrected chi connectivity index (χ2v) is 13.3. The lowest BCUT2D eigenvalue weighted by molar-refractivity contribution is 0.284. The van der Waals surface area contributed by atoms with Crippen LogP contribution in [0.4, 0.5) is 11.4 Å². The highest BCUT2D eigenvalue weighted by Gasteiger charge is 2.27. The van der Waals surface area contributed by atoms with Crippen molar-refractivity contribution in [1.82, 2.24) is 0 Å². The summed E-state index contributed by atoms with van der Waals surface area (Å²) in [5, 5.41) is 3.52. The van der Waals surface area contributed by atoms with Gasteiger partial charge < -0.3 is 5.32 Å². The van der Waals surface area contributed by atoms with Crippen LogP contribution in [-0.2, 0) is 10.8 Å². The lowest BCUT2D eigenvalue weighted by atomic mass is 9.72. The van der Waals surface area contributed by atoms with Gasteiger partial charge in [-0.25, -0.2) is 0 Å². The Kier molecular flexibility index (Phi) is 7.38. The third kappa shape index (κ3) is 6.92. The summed E-state index contributed by atoms with van der Waals surface area (Å²) in [5.74, 6) is 0. The first-order chi connectivity index (χ1) is 17.3.